The molecule has 18 heavy (non-hydrogen) atoms. The Morgan fingerprint density at radius 2 is 1.94 bits per heavy atom. The van der Waals surface area contributed by atoms with E-state index >= 15 is 0 Å². The molecule has 1 fully saturated rings. The lowest BCUT2D eigenvalue weighted by Crippen LogP contribution is -2.26. The van der Waals surface area contributed by atoms with Gasteiger partial charge in [-0.15, -0.1) is 0 Å². The van der Waals surface area contributed by atoms with Gasteiger partial charge in [0.15, 0.2) is 0 Å². The summed E-state index contributed by atoms with van der Waals surface area (Å²) in [5, 5.41) is 9.03. The Hall–Kier alpha value is -1.25. The summed E-state index contributed by atoms with van der Waals surface area (Å²) in [6, 6.07) is 0. The number of carboxylic acid groups (broad SMARTS) is 1. The van der Waals surface area contributed by atoms with Crippen LogP contribution in [0.25, 0.3) is 0 Å². The second-order valence-electron chi connectivity index (χ2n) is 5.09. The average Bonchev–Trinajstić information content (AvgIpc) is 2.85. The van der Waals surface area contributed by atoms with Crippen LogP contribution in [0.2, 0.25) is 0 Å². The second kappa shape index (κ2) is 7.24. The molecule has 0 saturated carbocycles. The highest BCUT2D eigenvalue weighted by molar-refractivity contribution is 5.80. The molecule has 0 aliphatic carbocycles. The van der Waals surface area contributed by atoms with Crippen molar-refractivity contribution in [1.82, 2.24) is 4.90 Å². The molecular formula is C15H25NO2. The fourth-order valence-electron chi connectivity index (χ4n) is 2.40. The summed E-state index contributed by atoms with van der Waals surface area (Å²) < 4.78 is 0. The van der Waals surface area contributed by atoms with E-state index in [4.69, 9.17) is 5.11 Å². The number of carboxylic acids is 1. The van der Waals surface area contributed by atoms with Crippen molar-refractivity contribution in [3.63, 3.8) is 0 Å². The van der Waals surface area contributed by atoms with E-state index in [0.717, 1.165) is 25.2 Å². The van der Waals surface area contributed by atoms with Gasteiger partial charge in [-0.3, -0.25) is 0 Å². The van der Waals surface area contributed by atoms with E-state index in [1.165, 1.54) is 18.9 Å². The van der Waals surface area contributed by atoms with Crippen molar-refractivity contribution in [3.8, 4) is 0 Å². The Morgan fingerprint density at radius 3 is 2.44 bits per heavy atom. The fraction of sp³-hybridized carbons (Fsp3) is 0.667. The maximum Gasteiger partial charge on any atom is 0.330 e. The Balaban J connectivity index is 2.81. The van der Waals surface area contributed by atoms with Crippen molar-refractivity contribution < 1.29 is 9.90 Å². The molecule has 0 aromatic carbocycles. The predicted octanol–water partition coefficient (Wildman–Crippen LogP) is 3.29. The third kappa shape index (κ3) is 4.21. The van der Waals surface area contributed by atoms with Crippen molar-refractivity contribution >= 4 is 5.97 Å². The molecule has 1 aliphatic heterocycles. The number of aliphatic carboxylic acids is 1. The molecule has 0 aromatic rings. The molecule has 0 spiro atoms. The summed E-state index contributed by atoms with van der Waals surface area (Å²) in [7, 11) is 0. The van der Waals surface area contributed by atoms with Gasteiger partial charge in [0, 0.05) is 30.8 Å². The van der Waals surface area contributed by atoms with Crippen LogP contribution in [0.3, 0.4) is 0 Å². The predicted molar refractivity (Wildman–Crippen MR) is 74.3 cm³/mol. The lowest BCUT2D eigenvalue weighted by atomic mass is 9.91. The topological polar surface area (TPSA) is 40.5 Å². The second-order valence-corrected chi connectivity index (χ2v) is 5.09. The minimum atomic E-state index is -0.838. The molecule has 3 nitrogen and oxygen atoms in total. The molecule has 1 heterocycles. The fourth-order valence-corrected chi connectivity index (χ4v) is 2.40. The molecule has 1 N–H and O–H groups in total. The van der Waals surface area contributed by atoms with Gasteiger partial charge >= 0.3 is 5.97 Å². The van der Waals surface area contributed by atoms with Gasteiger partial charge in [0.05, 0.1) is 0 Å². The smallest absolute Gasteiger partial charge is 0.330 e. The monoisotopic (exact) mass is 251 g/mol. The summed E-state index contributed by atoms with van der Waals surface area (Å²) in [6.07, 6.45) is 9.11. The first kappa shape index (κ1) is 14.8. The molecule has 0 unspecified atom stereocenters. The van der Waals surface area contributed by atoms with Gasteiger partial charge in [-0.25, -0.2) is 4.79 Å². The third-order valence-corrected chi connectivity index (χ3v) is 3.67. The molecule has 102 valence electrons. The SMILES string of the molecule is CC/C=C/[C@H](C)[C@@H](C)/C(=C/C(=O)O)N1CCCC1. The van der Waals surface area contributed by atoms with Crippen LogP contribution in [-0.4, -0.2) is 29.1 Å². The quantitative estimate of drug-likeness (QED) is 0.581. The van der Waals surface area contributed by atoms with E-state index in [2.05, 4.69) is 37.8 Å². The first-order chi connectivity index (χ1) is 8.56. The molecule has 1 rings (SSSR count). The summed E-state index contributed by atoms with van der Waals surface area (Å²) in [6.45, 7) is 8.38. The highest BCUT2D eigenvalue weighted by Crippen LogP contribution is 2.27. The van der Waals surface area contributed by atoms with Gasteiger partial charge in [0.2, 0.25) is 0 Å². The largest absolute Gasteiger partial charge is 0.478 e. The van der Waals surface area contributed by atoms with Crippen molar-refractivity contribution in [2.24, 2.45) is 11.8 Å². The van der Waals surface area contributed by atoms with E-state index in [0.29, 0.717) is 5.92 Å². The zero-order valence-corrected chi connectivity index (χ0v) is 11.7. The van der Waals surface area contributed by atoms with Crippen LogP contribution in [0, 0.1) is 11.8 Å². The Labute approximate surface area is 110 Å². The molecule has 0 bridgehead atoms. The van der Waals surface area contributed by atoms with Gasteiger partial charge in [-0.05, 0) is 25.2 Å². The molecule has 0 aromatic heterocycles. The van der Waals surface area contributed by atoms with Crippen molar-refractivity contribution in [2.45, 2.75) is 40.0 Å². The van der Waals surface area contributed by atoms with Gasteiger partial charge in [-0.1, -0.05) is 32.9 Å². The van der Waals surface area contributed by atoms with Crippen molar-refractivity contribution in [1.29, 1.82) is 0 Å². The Bertz CT molecular complexity index is 327. The van der Waals surface area contributed by atoms with Crippen LogP contribution in [-0.2, 0) is 4.79 Å². The highest BCUT2D eigenvalue weighted by atomic mass is 16.4. The maximum absolute atomic E-state index is 11.0. The maximum atomic E-state index is 11.0. The first-order valence-electron chi connectivity index (χ1n) is 6.92. The van der Waals surface area contributed by atoms with Crippen LogP contribution in [0.4, 0.5) is 0 Å². The average molecular weight is 251 g/mol. The summed E-state index contributed by atoms with van der Waals surface area (Å²) in [5.74, 6) is -0.214. The zero-order valence-electron chi connectivity index (χ0n) is 11.7. The van der Waals surface area contributed by atoms with Crippen LogP contribution in [0.5, 0.6) is 0 Å². The van der Waals surface area contributed by atoms with Crippen LogP contribution in [0.1, 0.15) is 40.0 Å². The summed E-state index contributed by atoms with van der Waals surface area (Å²) in [4.78, 5) is 13.2. The van der Waals surface area contributed by atoms with E-state index in [-0.39, 0.29) is 5.92 Å². The van der Waals surface area contributed by atoms with Crippen LogP contribution in [0.15, 0.2) is 23.9 Å². The molecule has 1 aliphatic rings. The van der Waals surface area contributed by atoms with Crippen LogP contribution >= 0.6 is 0 Å². The van der Waals surface area contributed by atoms with E-state index in [9.17, 15) is 4.79 Å². The first-order valence-corrected chi connectivity index (χ1v) is 6.92. The van der Waals surface area contributed by atoms with E-state index < -0.39 is 5.97 Å². The molecular weight excluding hydrogens is 226 g/mol. The third-order valence-electron chi connectivity index (χ3n) is 3.67. The lowest BCUT2D eigenvalue weighted by Gasteiger charge is -2.29. The Morgan fingerprint density at radius 1 is 1.33 bits per heavy atom. The minimum absolute atomic E-state index is 0.252. The molecule has 3 heteroatoms. The minimum Gasteiger partial charge on any atom is -0.478 e. The van der Waals surface area contributed by atoms with Crippen LogP contribution < -0.4 is 0 Å². The molecule has 0 radical (unpaired) electrons. The van der Waals surface area contributed by atoms with Gasteiger partial charge in [0.25, 0.3) is 0 Å². The highest BCUT2D eigenvalue weighted by Gasteiger charge is 2.23. The lowest BCUT2D eigenvalue weighted by molar-refractivity contribution is -0.131. The molecule has 1 saturated heterocycles. The van der Waals surface area contributed by atoms with Crippen molar-refractivity contribution in [2.75, 3.05) is 13.1 Å². The van der Waals surface area contributed by atoms with Crippen molar-refractivity contribution in [3.05, 3.63) is 23.9 Å². The standard InChI is InChI=1S/C15H25NO2/c1-4-5-8-12(2)13(3)14(11-15(17)18)16-9-6-7-10-16/h5,8,11-13H,4,6-7,9-10H2,1-3H3,(H,17,18)/b8-5+,14-11-/t12-,13+/m0/s1. The number of hydrogen-bond acceptors (Lipinski definition) is 2. The number of carbonyl (C=O) groups is 1. The number of likely N-dealkylation sites (tertiary alicyclic amines) is 1. The number of hydrogen-bond donors (Lipinski definition) is 1. The molecule has 2 atom stereocenters. The zero-order chi connectivity index (χ0) is 13.5. The van der Waals surface area contributed by atoms with E-state index in [1.54, 1.807) is 0 Å². The molecule has 0 amide bonds. The Kier molecular flexibility index (Phi) is 5.96. The summed E-state index contributed by atoms with van der Waals surface area (Å²) in [5.41, 5.74) is 0.980. The van der Waals surface area contributed by atoms with Gasteiger partial charge in [0.1, 0.15) is 0 Å². The number of allylic oxidation sites excluding steroid dienone is 3. The number of rotatable bonds is 6. The van der Waals surface area contributed by atoms with Gasteiger partial charge < -0.3 is 10.0 Å². The van der Waals surface area contributed by atoms with E-state index in [1.807, 2.05) is 0 Å². The summed E-state index contributed by atoms with van der Waals surface area (Å²) >= 11 is 0. The van der Waals surface area contributed by atoms with Gasteiger partial charge in [-0.2, -0.15) is 0 Å². The number of nitrogens with zero attached hydrogens (tertiary/aromatic N) is 1. The normalized spacial score (nSPS) is 20.4.